The predicted octanol–water partition coefficient (Wildman–Crippen LogP) is 2.42. The van der Waals surface area contributed by atoms with Gasteiger partial charge in [0.05, 0.1) is 17.4 Å². The molecule has 6 nitrogen and oxygen atoms in total. The second kappa shape index (κ2) is 4.24. The van der Waals surface area contributed by atoms with Gasteiger partial charge in [0.15, 0.2) is 0 Å². The molecule has 96 valence electrons. The van der Waals surface area contributed by atoms with Crippen molar-refractivity contribution < 1.29 is 5.11 Å². The van der Waals surface area contributed by atoms with Gasteiger partial charge in [0.1, 0.15) is 0 Å². The minimum Gasteiger partial charge on any atom is -0.493 e. The molecular formula is C13H13N5O. The van der Waals surface area contributed by atoms with Crippen molar-refractivity contribution in [3.8, 4) is 5.88 Å². The molecule has 0 atom stereocenters. The van der Waals surface area contributed by atoms with Gasteiger partial charge in [0, 0.05) is 5.39 Å². The van der Waals surface area contributed by atoms with E-state index in [-0.39, 0.29) is 5.88 Å². The van der Waals surface area contributed by atoms with Crippen molar-refractivity contribution in [3.05, 3.63) is 35.7 Å². The number of H-pyrrole nitrogens is 1. The van der Waals surface area contributed by atoms with E-state index < -0.39 is 0 Å². The Labute approximate surface area is 109 Å². The highest BCUT2D eigenvalue weighted by molar-refractivity contribution is 5.82. The van der Waals surface area contributed by atoms with Crippen molar-refractivity contribution >= 4 is 22.8 Å². The van der Waals surface area contributed by atoms with E-state index in [1.807, 2.05) is 26.0 Å². The van der Waals surface area contributed by atoms with Gasteiger partial charge in [-0.1, -0.05) is 11.6 Å². The Hall–Kier alpha value is -2.63. The molecule has 19 heavy (non-hydrogen) atoms. The molecule has 0 fully saturated rings. The van der Waals surface area contributed by atoms with E-state index in [1.54, 1.807) is 0 Å². The molecule has 0 aliphatic carbocycles. The van der Waals surface area contributed by atoms with Crippen molar-refractivity contribution in [1.82, 2.24) is 19.9 Å². The Morgan fingerprint density at radius 1 is 1.21 bits per heavy atom. The van der Waals surface area contributed by atoms with E-state index in [9.17, 15) is 5.11 Å². The monoisotopic (exact) mass is 255 g/mol. The summed E-state index contributed by atoms with van der Waals surface area (Å²) >= 11 is 0. The Morgan fingerprint density at radius 2 is 2.05 bits per heavy atom. The largest absolute Gasteiger partial charge is 0.493 e. The summed E-state index contributed by atoms with van der Waals surface area (Å²) in [5.74, 6) is 0.849. The molecule has 6 heteroatoms. The number of imidazole rings is 1. The summed E-state index contributed by atoms with van der Waals surface area (Å²) in [6, 6.07) is 6.04. The third-order valence-corrected chi connectivity index (χ3v) is 2.83. The molecule has 1 aromatic carbocycles. The maximum Gasteiger partial charge on any atom is 0.230 e. The van der Waals surface area contributed by atoms with E-state index in [0.29, 0.717) is 11.9 Å². The van der Waals surface area contributed by atoms with Crippen molar-refractivity contribution in [3.63, 3.8) is 0 Å². The predicted molar refractivity (Wildman–Crippen MR) is 72.5 cm³/mol. The van der Waals surface area contributed by atoms with Crippen LogP contribution in [0.1, 0.15) is 11.3 Å². The first-order valence-corrected chi connectivity index (χ1v) is 5.88. The van der Waals surface area contributed by atoms with Gasteiger partial charge >= 0.3 is 0 Å². The van der Waals surface area contributed by atoms with Gasteiger partial charge in [-0.2, -0.15) is 0 Å². The summed E-state index contributed by atoms with van der Waals surface area (Å²) in [6.45, 7) is 3.98. The topological polar surface area (TPSA) is 86.7 Å². The molecule has 0 saturated heterocycles. The quantitative estimate of drug-likeness (QED) is 0.654. The zero-order valence-electron chi connectivity index (χ0n) is 10.6. The normalized spacial score (nSPS) is 10.8. The second-order valence-corrected chi connectivity index (χ2v) is 4.40. The van der Waals surface area contributed by atoms with E-state index in [4.69, 9.17) is 0 Å². The fourth-order valence-electron chi connectivity index (χ4n) is 1.93. The van der Waals surface area contributed by atoms with Gasteiger partial charge in [-0.15, -0.1) is 0 Å². The number of rotatable bonds is 2. The van der Waals surface area contributed by atoms with Crippen LogP contribution in [-0.4, -0.2) is 25.0 Å². The Bertz CT molecular complexity index is 750. The number of aromatic nitrogens is 4. The zero-order valence-corrected chi connectivity index (χ0v) is 10.6. The SMILES string of the molecule is Cc1ccc2nc(Nc3ncc(O)[nH]3)nc(C)c2c1. The third-order valence-electron chi connectivity index (χ3n) is 2.83. The standard InChI is InChI=1S/C13H13N5O/c1-7-3-4-10-9(5-7)8(2)15-13(16-10)18-12-14-6-11(19)17-12/h3-6,19H,1-2H3,(H2,14,15,16,17,18). The average molecular weight is 255 g/mol. The van der Waals surface area contributed by atoms with Crippen LogP contribution in [0, 0.1) is 13.8 Å². The maximum absolute atomic E-state index is 9.19. The van der Waals surface area contributed by atoms with Gasteiger partial charge in [-0.3, -0.25) is 10.3 Å². The van der Waals surface area contributed by atoms with Crippen LogP contribution < -0.4 is 5.32 Å². The summed E-state index contributed by atoms with van der Waals surface area (Å²) < 4.78 is 0. The lowest BCUT2D eigenvalue weighted by Gasteiger charge is -2.06. The molecule has 3 rings (SSSR count). The average Bonchev–Trinajstić information content (AvgIpc) is 2.76. The van der Waals surface area contributed by atoms with Gasteiger partial charge in [-0.05, 0) is 26.0 Å². The molecule has 0 unspecified atom stereocenters. The highest BCUT2D eigenvalue weighted by Crippen LogP contribution is 2.20. The van der Waals surface area contributed by atoms with Crippen LogP contribution in [0.3, 0.4) is 0 Å². The summed E-state index contributed by atoms with van der Waals surface area (Å²) in [7, 11) is 0. The first-order chi connectivity index (χ1) is 9.11. The number of benzene rings is 1. The second-order valence-electron chi connectivity index (χ2n) is 4.40. The molecule has 0 bridgehead atoms. The third kappa shape index (κ3) is 2.20. The summed E-state index contributed by atoms with van der Waals surface area (Å²) in [6.07, 6.45) is 1.32. The molecule has 2 heterocycles. The highest BCUT2D eigenvalue weighted by atomic mass is 16.3. The van der Waals surface area contributed by atoms with Gasteiger partial charge in [0.2, 0.25) is 17.8 Å². The number of aromatic hydroxyl groups is 1. The van der Waals surface area contributed by atoms with E-state index in [2.05, 4.69) is 31.3 Å². The van der Waals surface area contributed by atoms with Gasteiger partial charge in [0.25, 0.3) is 0 Å². The number of nitrogens with one attached hydrogen (secondary N) is 2. The fraction of sp³-hybridized carbons (Fsp3) is 0.154. The van der Waals surface area contributed by atoms with E-state index in [1.165, 1.54) is 11.8 Å². The van der Waals surface area contributed by atoms with Gasteiger partial charge in [-0.25, -0.2) is 15.0 Å². The van der Waals surface area contributed by atoms with Crippen LogP contribution in [0.4, 0.5) is 11.9 Å². The van der Waals surface area contributed by atoms with Crippen LogP contribution >= 0.6 is 0 Å². The van der Waals surface area contributed by atoms with Crippen molar-refractivity contribution in [2.75, 3.05) is 5.32 Å². The maximum atomic E-state index is 9.19. The van der Waals surface area contributed by atoms with Crippen LogP contribution in [0.5, 0.6) is 5.88 Å². The lowest BCUT2D eigenvalue weighted by atomic mass is 10.1. The van der Waals surface area contributed by atoms with Crippen molar-refractivity contribution in [2.24, 2.45) is 0 Å². The van der Waals surface area contributed by atoms with Gasteiger partial charge < -0.3 is 5.11 Å². The molecule has 0 radical (unpaired) electrons. The molecule has 0 spiro atoms. The summed E-state index contributed by atoms with van der Waals surface area (Å²) in [5, 5.41) is 13.1. The Kier molecular flexibility index (Phi) is 2.56. The first-order valence-electron chi connectivity index (χ1n) is 5.88. The molecule has 3 aromatic rings. The van der Waals surface area contributed by atoms with E-state index >= 15 is 0 Å². The van der Waals surface area contributed by atoms with Crippen molar-refractivity contribution in [1.29, 1.82) is 0 Å². The number of aryl methyl sites for hydroxylation is 2. The van der Waals surface area contributed by atoms with Crippen molar-refractivity contribution in [2.45, 2.75) is 13.8 Å². The number of anilines is 2. The highest BCUT2D eigenvalue weighted by Gasteiger charge is 2.06. The number of hydrogen-bond acceptors (Lipinski definition) is 5. The van der Waals surface area contributed by atoms with Crippen LogP contribution in [0.2, 0.25) is 0 Å². The molecule has 0 saturated carbocycles. The smallest absolute Gasteiger partial charge is 0.230 e. The number of aromatic amines is 1. The van der Waals surface area contributed by atoms with Crippen LogP contribution in [-0.2, 0) is 0 Å². The number of nitrogens with zero attached hydrogens (tertiary/aromatic N) is 3. The molecule has 2 aromatic heterocycles. The number of fused-ring (bicyclic) bond motifs is 1. The first kappa shape index (κ1) is 11.5. The van der Waals surface area contributed by atoms with Crippen LogP contribution in [0.25, 0.3) is 10.9 Å². The Morgan fingerprint density at radius 3 is 2.79 bits per heavy atom. The zero-order chi connectivity index (χ0) is 13.4. The van der Waals surface area contributed by atoms with Crippen LogP contribution in [0.15, 0.2) is 24.4 Å². The lowest BCUT2D eigenvalue weighted by Crippen LogP contribution is -2.00. The summed E-state index contributed by atoms with van der Waals surface area (Å²) in [4.78, 5) is 15.4. The minimum atomic E-state index is -0.00404. The molecule has 0 amide bonds. The minimum absolute atomic E-state index is 0.00404. The molecule has 0 aliphatic rings. The lowest BCUT2D eigenvalue weighted by molar-refractivity contribution is 0.457. The summed E-state index contributed by atoms with van der Waals surface area (Å²) in [5.41, 5.74) is 2.94. The molecular weight excluding hydrogens is 242 g/mol. The molecule has 3 N–H and O–H groups in total. The number of hydrogen-bond donors (Lipinski definition) is 3. The Balaban J connectivity index is 2.03. The van der Waals surface area contributed by atoms with E-state index in [0.717, 1.165) is 16.6 Å². The fourth-order valence-corrected chi connectivity index (χ4v) is 1.93. The molecule has 0 aliphatic heterocycles.